The topological polar surface area (TPSA) is 40.6 Å². The summed E-state index contributed by atoms with van der Waals surface area (Å²) in [4.78, 5) is 27.6. The molecule has 0 spiro atoms. The van der Waals surface area contributed by atoms with Crippen molar-refractivity contribution >= 4 is 17.5 Å². The predicted molar refractivity (Wildman–Crippen MR) is 63.7 cm³/mol. The highest BCUT2D eigenvalue weighted by atomic mass is 16.2. The quantitative estimate of drug-likeness (QED) is 0.679. The molecule has 1 fully saturated rings. The average molecular weight is 230 g/mol. The van der Waals surface area contributed by atoms with Gasteiger partial charge in [0.05, 0.1) is 11.3 Å². The number of anilines is 1. The Hall–Kier alpha value is -1.84. The van der Waals surface area contributed by atoms with Gasteiger partial charge in [0, 0.05) is 13.5 Å². The molecule has 4 heteroatoms. The summed E-state index contributed by atoms with van der Waals surface area (Å²) in [5.41, 5.74) is 1.40. The maximum Gasteiger partial charge on any atom is 0.257 e. The van der Waals surface area contributed by atoms with Crippen LogP contribution in [0, 0.1) is 0 Å². The summed E-state index contributed by atoms with van der Waals surface area (Å²) >= 11 is 0. The lowest BCUT2D eigenvalue weighted by Crippen LogP contribution is -2.53. The van der Waals surface area contributed by atoms with E-state index < -0.39 is 0 Å². The lowest BCUT2D eigenvalue weighted by Gasteiger charge is -2.40. The van der Waals surface area contributed by atoms with Crippen LogP contribution in [0.5, 0.6) is 0 Å². The first-order valence-corrected chi connectivity index (χ1v) is 5.90. The van der Waals surface area contributed by atoms with E-state index in [1.807, 2.05) is 23.1 Å². The van der Waals surface area contributed by atoms with Crippen molar-refractivity contribution in [1.29, 1.82) is 0 Å². The van der Waals surface area contributed by atoms with Gasteiger partial charge < -0.3 is 4.90 Å². The van der Waals surface area contributed by atoms with Gasteiger partial charge in [-0.05, 0) is 25.0 Å². The largest absolute Gasteiger partial charge is 0.318 e. The smallest absolute Gasteiger partial charge is 0.257 e. The second kappa shape index (κ2) is 3.58. The van der Waals surface area contributed by atoms with Gasteiger partial charge in [0.15, 0.2) is 0 Å². The summed E-state index contributed by atoms with van der Waals surface area (Å²) in [6.07, 6.45) is 1.77. The Labute approximate surface area is 99.8 Å². The number of carbonyl (C=O) groups excluding carboxylic acids is 2. The lowest BCUT2D eigenvalue weighted by atomic mass is 10.1. The van der Waals surface area contributed by atoms with E-state index in [-0.39, 0.29) is 18.0 Å². The van der Waals surface area contributed by atoms with E-state index in [9.17, 15) is 9.59 Å². The van der Waals surface area contributed by atoms with E-state index in [1.165, 1.54) is 0 Å². The van der Waals surface area contributed by atoms with Gasteiger partial charge in [-0.2, -0.15) is 0 Å². The van der Waals surface area contributed by atoms with E-state index in [0.29, 0.717) is 5.56 Å². The standard InChI is InChI=1S/C13H14N2O2/c1-9(16)15-11-6-3-2-5-10(11)13(17)14-8-4-7-12(14)15/h2-3,5-6,12H,4,7-8H2,1H3. The molecule has 0 aliphatic carbocycles. The minimum atomic E-state index is -0.0742. The summed E-state index contributed by atoms with van der Waals surface area (Å²) in [7, 11) is 0. The molecule has 1 aromatic rings. The third kappa shape index (κ3) is 1.37. The first kappa shape index (κ1) is 10.3. The second-order valence-electron chi connectivity index (χ2n) is 4.53. The zero-order chi connectivity index (χ0) is 12.0. The van der Waals surface area contributed by atoms with Crippen LogP contribution in [-0.4, -0.2) is 29.4 Å². The fourth-order valence-electron chi connectivity index (χ4n) is 2.81. The number of amides is 2. The molecule has 2 amide bonds. The average Bonchev–Trinajstić information content (AvgIpc) is 2.78. The molecule has 0 aromatic heterocycles. The minimum absolute atomic E-state index is 0.00171. The third-order valence-electron chi connectivity index (χ3n) is 3.51. The summed E-state index contributed by atoms with van der Waals surface area (Å²) < 4.78 is 0. The Morgan fingerprint density at radius 1 is 1.35 bits per heavy atom. The van der Waals surface area contributed by atoms with Crippen LogP contribution < -0.4 is 4.90 Å². The first-order chi connectivity index (χ1) is 8.20. The van der Waals surface area contributed by atoms with Gasteiger partial charge in [-0.1, -0.05) is 12.1 Å². The van der Waals surface area contributed by atoms with Crippen LogP contribution in [0.3, 0.4) is 0 Å². The Bertz CT molecular complexity index is 498. The number of fused-ring (bicyclic) bond motifs is 2. The molecular weight excluding hydrogens is 216 g/mol. The Balaban J connectivity index is 2.17. The van der Waals surface area contributed by atoms with E-state index in [2.05, 4.69) is 0 Å². The van der Waals surface area contributed by atoms with Gasteiger partial charge in [-0.3, -0.25) is 14.5 Å². The highest BCUT2D eigenvalue weighted by molar-refractivity contribution is 6.07. The van der Waals surface area contributed by atoms with Crippen molar-refractivity contribution < 1.29 is 9.59 Å². The summed E-state index contributed by atoms with van der Waals surface area (Å²) in [6, 6.07) is 7.35. The van der Waals surface area contributed by atoms with Gasteiger partial charge in [0.1, 0.15) is 6.17 Å². The van der Waals surface area contributed by atoms with Crippen LogP contribution in [0.1, 0.15) is 30.1 Å². The fourth-order valence-corrected chi connectivity index (χ4v) is 2.81. The lowest BCUT2D eigenvalue weighted by molar-refractivity contribution is -0.117. The van der Waals surface area contributed by atoms with Crippen LogP contribution in [0.2, 0.25) is 0 Å². The van der Waals surface area contributed by atoms with Gasteiger partial charge in [-0.25, -0.2) is 0 Å². The number of nitrogens with zero attached hydrogens (tertiary/aromatic N) is 2. The molecule has 4 nitrogen and oxygen atoms in total. The molecule has 0 bridgehead atoms. The maximum absolute atomic E-state index is 12.3. The molecule has 2 heterocycles. The summed E-state index contributed by atoms with van der Waals surface area (Å²) in [5, 5.41) is 0. The minimum Gasteiger partial charge on any atom is -0.318 e. The highest BCUT2D eigenvalue weighted by Gasteiger charge is 2.41. The van der Waals surface area contributed by atoms with Crippen molar-refractivity contribution in [3.63, 3.8) is 0 Å². The zero-order valence-electron chi connectivity index (χ0n) is 9.72. The molecule has 0 saturated carbocycles. The number of para-hydroxylation sites is 1. The SMILES string of the molecule is CC(=O)N1c2ccccc2C(=O)N2CCCC21. The number of hydrogen-bond donors (Lipinski definition) is 0. The molecular formula is C13H14N2O2. The molecule has 0 N–H and O–H groups in total. The number of carbonyl (C=O) groups is 2. The van der Waals surface area contributed by atoms with E-state index in [1.54, 1.807) is 17.9 Å². The van der Waals surface area contributed by atoms with Crippen LogP contribution in [0.25, 0.3) is 0 Å². The zero-order valence-corrected chi connectivity index (χ0v) is 9.72. The molecule has 1 saturated heterocycles. The van der Waals surface area contributed by atoms with Crippen LogP contribution >= 0.6 is 0 Å². The predicted octanol–water partition coefficient (Wildman–Crippen LogP) is 1.62. The van der Waals surface area contributed by atoms with E-state index in [0.717, 1.165) is 25.1 Å². The molecule has 0 radical (unpaired) electrons. The highest BCUT2D eigenvalue weighted by Crippen LogP contribution is 2.35. The van der Waals surface area contributed by atoms with Gasteiger partial charge >= 0.3 is 0 Å². The van der Waals surface area contributed by atoms with Crippen molar-refractivity contribution in [2.45, 2.75) is 25.9 Å². The normalized spacial score (nSPS) is 22.4. The van der Waals surface area contributed by atoms with Crippen LogP contribution in [0.4, 0.5) is 5.69 Å². The number of rotatable bonds is 0. The second-order valence-corrected chi connectivity index (χ2v) is 4.53. The Morgan fingerprint density at radius 3 is 2.88 bits per heavy atom. The van der Waals surface area contributed by atoms with Crippen LogP contribution in [-0.2, 0) is 4.79 Å². The van der Waals surface area contributed by atoms with Gasteiger partial charge in [-0.15, -0.1) is 0 Å². The van der Waals surface area contributed by atoms with Crippen molar-refractivity contribution in [1.82, 2.24) is 4.90 Å². The number of hydrogen-bond acceptors (Lipinski definition) is 2. The maximum atomic E-state index is 12.3. The van der Waals surface area contributed by atoms with Gasteiger partial charge in [0.25, 0.3) is 5.91 Å². The molecule has 17 heavy (non-hydrogen) atoms. The molecule has 2 aliphatic heterocycles. The molecule has 88 valence electrons. The Kier molecular flexibility index (Phi) is 2.18. The van der Waals surface area contributed by atoms with E-state index in [4.69, 9.17) is 0 Å². The molecule has 3 rings (SSSR count). The third-order valence-corrected chi connectivity index (χ3v) is 3.51. The number of benzene rings is 1. The van der Waals surface area contributed by atoms with Crippen LogP contribution in [0.15, 0.2) is 24.3 Å². The molecule has 1 atom stereocenters. The van der Waals surface area contributed by atoms with Crippen molar-refractivity contribution in [2.75, 3.05) is 11.4 Å². The first-order valence-electron chi connectivity index (χ1n) is 5.90. The molecule has 1 unspecified atom stereocenters. The van der Waals surface area contributed by atoms with Crippen molar-refractivity contribution in [3.05, 3.63) is 29.8 Å². The Morgan fingerprint density at radius 2 is 2.12 bits per heavy atom. The monoisotopic (exact) mass is 230 g/mol. The summed E-state index contributed by atoms with van der Waals surface area (Å²) in [5.74, 6) is 0.0578. The van der Waals surface area contributed by atoms with Gasteiger partial charge in [0.2, 0.25) is 5.91 Å². The van der Waals surface area contributed by atoms with Crippen molar-refractivity contribution in [2.24, 2.45) is 0 Å². The molecule has 1 aromatic carbocycles. The van der Waals surface area contributed by atoms with E-state index >= 15 is 0 Å². The summed E-state index contributed by atoms with van der Waals surface area (Å²) in [6.45, 7) is 2.31. The van der Waals surface area contributed by atoms with Crippen molar-refractivity contribution in [3.8, 4) is 0 Å². The fraction of sp³-hybridized carbons (Fsp3) is 0.385. The molecule has 2 aliphatic rings.